The summed E-state index contributed by atoms with van der Waals surface area (Å²) in [5, 5.41) is 10.5. The molecule has 154 valence electrons. The van der Waals surface area contributed by atoms with E-state index in [1.165, 1.54) is 11.1 Å². The number of carbonyl (C=O) groups excluding carboxylic acids is 1. The molecule has 0 unspecified atom stereocenters. The molecule has 29 heavy (non-hydrogen) atoms. The normalized spacial score (nSPS) is 18.5. The molecule has 8 nitrogen and oxygen atoms in total. The van der Waals surface area contributed by atoms with Gasteiger partial charge in [-0.05, 0) is 30.4 Å². The third-order valence-electron chi connectivity index (χ3n) is 5.81. The molecule has 0 aliphatic carbocycles. The molecule has 8 heteroatoms. The fraction of sp³-hybridized carbons (Fsp3) is 0.524. The number of hydrogen-bond acceptors (Lipinski definition) is 4. The van der Waals surface area contributed by atoms with Crippen LogP contribution in [0.1, 0.15) is 48.6 Å². The maximum atomic E-state index is 11.9. The summed E-state index contributed by atoms with van der Waals surface area (Å²) in [7, 11) is 1.83. The van der Waals surface area contributed by atoms with Gasteiger partial charge in [0.25, 0.3) is 0 Å². The summed E-state index contributed by atoms with van der Waals surface area (Å²) < 4.78 is 0. The molecule has 4 rings (SSSR count). The SMILES string of the molecule is CN=C(NCc1cccc(CN2CCCC2=O)c1)N1CCC(c2ncn[nH]2)CC1. The number of H-pyrrole nitrogens is 1. The van der Waals surface area contributed by atoms with Crippen molar-refractivity contribution in [3.63, 3.8) is 0 Å². The molecule has 0 bridgehead atoms. The molecule has 2 fully saturated rings. The number of aliphatic imine (C=N–C) groups is 1. The molecule has 1 aromatic carbocycles. The quantitative estimate of drug-likeness (QED) is 0.596. The van der Waals surface area contributed by atoms with Gasteiger partial charge in [-0.1, -0.05) is 24.3 Å². The van der Waals surface area contributed by atoms with Crippen molar-refractivity contribution in [3.05, 3.63) is 47.5 Å². The van der Waals surface area contributed by atoms with Gasteiger partial charge in [0, 0.05) is 52.1 Å². The Balaban J connectivity index is 1.30. The number of nitrogens with zero attached hydrogens (tertiary/aromatic N) is 5. The third-order valence-corrected chi connectivity index (χ3v) is 5.81. The Labute approximate surface area is 171 Å². The largest absolute Gasteiger partial charge is 0.352 e. The lowest BCUT2D eigenvalue weighted by atomic mass is 9.96. The van der Waals surface area contributed by atoms with Crippen LogP contribution in [-0.2, 0) is 17.9 Å². The highest BCUT2D eigenvalue weighted by atomic mass is 16.2. The highest BCUT2D eigenvalue weighted by molar-refractivity contribution is 5.80. The van der Waals surface area contributed by atoms with Crippen LogP contribution in [0.3, 0.4) is 0 Å². The van der Waals surface area contributed by atoms with Crippen LogP contribution in [0.2, 0.25) is 0 Å². The minimum absolute atomic E-state index is 0.266. The maximum Gasteiger partial charge on any atom is 0.222 e. The van der Waals surface area contributed by atoms with Crippen LogP contribution in [0, 0.1) is 0 Å². The van der Waals surface area contributed by atoms with Crippen molar-refractivity contribution >= 4 is 11.9 Å². The standard InChI is InChI=1S/C21H29N7O/c1-22-21(27-10-7-18(8-11-27)20-24-15-25-26-20)23-13-16-4-2-5-17(12-16)14-28-9-3-6-19(28)29/h2,4-5,12,15,18H,3,6-11,13-14H2,1H3,(H,22,23)(H,24,25,26). The molecule has 1 aromatic heterocycles. The first kappa shape index (κ1) is 19.4. The Morgan fingerprint density at radius 3 is 2.79 bits per heavy atom. The van der Waals surface area contributed by atoms with Gasteiger partial charge in [-0.2, -0.15) is 5.10 Å². The predicted molar refractivity (Wildman–Crippen MR) is 111 cm³/mol. The monoisotopic (exact) mass is 395 g/mol. The molecule has 2 N–H and O–H groups in total. The van der Waals surface area contributed by atoms with Crippen molar-refractivity contribution < 1.29 is 4.79 Å². The average Bonchev–Trinajstić information content (AvgIpc) is 3.42. The Kier molecular flexibility index (Phi) is 6.07. The molecule has 0 spiro atoms. The highest BCUT2D eigenvalue weighted by Crippen LogP contribution is 2.25. The van der Waals surface area contributed by atoms with E-state index in [1.54, 1.807) is 6.33 Å². The van der Waals surface area contributed by atoms with E-state index >= 15 is 0 Å². The minimum atomic E-state index is 0.266. The summed E-state index contributed by atoms with van der Waals surface area (Å²) in [6.45, 7) is 4.19. The molecule has 0 atom stereocenters. The zero-order chi connectivity index (χ0) is 20.1. The number of guanidine groups is 1. The molecular formula is C21H29N7O. The highest BCUT2D eigenvalue weighted by Gasteiger charge is 2.24. The smallest absolute Gasteiger partial charge is 0.222 e. The maximum absolute atomic E-state index is 11.9. The van der Waals surface area contributed by atoms with E-state index in [9.17, 15) is 4.79 Å². The number of amides is 1. The molecule has 2 aliphatic rings. The van der Waals surface area contributed by atoms with Gasteiger partial charge in [-0.3, -0.25) is 14.9 Å². The first-order valence-electron chi connectivity index (χ1n) is 10.4. The van der Waals surface area contributed by atoms with Crippen molar-refractivity contribution in [1.82, 2.24) is 30.3 Å². The van der Waals surface area contributed by atoms with Crippen LogP contribution in [0.4, 0.5) is 0 Å². The summed E-state index contributed by atoms with van der Waals surface area (Å²) in [5.74, 6) is 2.63. The molecule has 1 amide bonds. The van der Waals surface area contributed by atoms with Gasteiger partial charge < -0.3 is 15.1 Å². The Morgan fingerprint density at radius 1 is 1.28 bits per heavy atom. The topological polar surface area (TPSA) is 89.5 Å². The number of hydrogen-bond donors (Lipinski definition) is 2. The third kappa shape index (κ3) is 4.75. The lowest BCUT2D eigenvalue weighted by Crippen LogP contribution is -2.45. The van der Waals surface area contributed by atoms with E-state index in [1.807, 2.05) is 11.9 Å². The van der Waals surface area contributed by atoms with E-state index < -0.39 is 0 Å². The molecule has 2 aliphatic heterocycles. The number of aromatic nitrogens is 3. The number of piperidine rings is 1. The summed E-state index contributed by atoms with van der Waals surface area (Å²) in [6, 6.07) is 8.46. The summed E-state index contributed by atoms with van der Waals surface area (Å²) in [4.78, 5) is 24.9. The molecule has 0 saturated carbocycles. The van der Waals surface area contributed by atoms with Gasteiger partial charge in [-0.25, -0.2) is 4.98 Å². The number of rotatable bonds is 5. The Bertz CT molecular complexity index is 840. The number of carbonyl (C=O) groups is 1. The Morgan fingerprint density at radius 2 is 2.10 bits per heavy atom. The van der Waals surface area contributed by atoms with Gasteiger partial charge >= 0.3 is 0 Å². The van der Waals surface area contributed by atoms with Crippen LogP contribution < -0.4 is 5.32 Å². The second kappa shape index (κ2) is 9.07. The van der Waals surface area contributed by atoms with Gasteiger partial charge in [0.15, 0.2) is 5.96 Å². The van der Waals surface area contributed by atoms with E-state index in [4.69, 9.17) is 0 Å². The predicted octanol–water partition coefficient (Wildman–Crippen LogP) is 1.88. The molecule has 2 saturated heterocycles. The number of aromatic amines is 1. The number of nitrogens with one attached hydrogen (secondary N) is 2. The van der Waals surface area contributed by atoms with E-state index in [-0.39, 0.29) is 5.91 Å². The minimum Gasteiger partial charge on any atom is -0.352 e. The van der Waals surface area contributed by atoms with Gasteiger partial charge in [0.1, 0.15) is 12.2 Å². The first-order chi connectivity index (χ1) is 14.2. The van der Waals surface area contributed by atoms with Gasteiger partial charge in [0.2, 0.25) is 5.91 Å². The summed E-state index contributed by atoms with van der Waals surface area (Å²) >= 11 is 0. The lowest BCUT2D eigenvalue weighted by molar-refractivity contribution is -0.128. The summed E-state index contributed by atoms with van der Waals surface area (Å²) in [6.07, 6.45) is 5.31. The van der Waals surface area contributed by atoms with Crippen molar-refractivity contribution in [2.75, 3.05) is 26.7 Å². The van der Waals surface area contributed by atoms with Gasteiger partial charge in [0.05, 0.1) is 0 Å². The van der Waals surface area contributed by atoms with E-state index in [2.05, 4.69) is 54.7 Å². The number of benzene rings is 1. The van der Waals surface area contributed by atoms with Crippen LogP contribution in [0.5, 0.6) is 0 Å². The van der Waals surface area contributed by atoms with Crippen molar-refractivity contribution in [1.29, 1.82) is 0 Å². The van der Waals surface area contributed by atoms with Gasteiger partial charge in [-0.15, -0.1) is 0 Å². The van der Waals surface area contributed by atoms with Crippen LogP contribution in [0.25, 0.3) is 0 Å². The fourth-order valence-electron chi connectivity index (χ4n) is 4.22. The van der Waals surface area contributed by atoms with Crippen molar-refractivity contribution in [3.8, 4) is 0 Å². The first-order valence-corrected chi connectivity index (χ1v) is 10.4. The summed E-state index contributed by atoms with van der Waals surface area (Å²) in [5.41, 5.74) is 2.38. The van der Waals surface area contributed by atoms with Crippen molar-refractivity contribution in [2.24, 2.45) is 4.99 Å². The lowest BCUT2D eigenvalue weighted by Gasteiger charge is -2.33. The fourth-order valence-corrected chi connectivity index (χ4v) is 4.22. The van der Waals surface area contributed by atoms with E-state index in [0.717, 1.165) is 57.2 Å². The number of likely N-dealkylation sites (tertiary alicyclic amines) is 2. The average molecular weight is 396 g/mol. The van der Waals surface area contributed by atoms with E-state index in [0.29, 0.717) is 18.9 Å². The molecular weight excluding hydrogens is 366 g/mol. The van der Waals surface area contributed by atoms with Crippen LogP contribution in [0.15, 0.2) is 35.6 Å². The molecule has 0 radical (unpaired) electrons. The molecule has 3 heterocycles. The molecule has 2 aromatic rings. The zero-order valence-electron chi connectivity index (χ0n) is 17.0. The Hall–Kier alpha value is -2.90. The van der Waals surface area contributed by atoms with Crippen LogP contribution in [-0.4, -0.2) is 63.5 Å². The zero-order valence-corrected chi connectivity index (χ0v) is 17.0. The second-order valence-electron chi connectivity index (χ2n) is 7.77. The second-order valence-corrected chi connectivity index (χ2v) is 7.77. The van der Waals surface area contributed by atoms with Crippen LogP contribution >= 0.6 is 0 Å². The van der Waals surface area contributed by atoms with Crippen molar-refractivity contribution in [2.45, 2.75) is 44.7 Å².